The molecule has 0 radical (unpaired) electrons. The maximum absolute atomic E-state index is 12.1. The van der Waals surface area contributed by atoms with Gasteiger partial charge in [0, 0.05) is 6.04 Å². The number of aliphatic carboxylic acids is 1. The van der Waals surface area contributed by atoms with Crippen LogP contribution in [-0.2, 0) is 4.79 Å². The number of ether oxygens (including phenoxy) is 1. The number of methoxy groups -OCH3 is 1. The Morgan fingerprint density at radius 3 is 2.63 bits per heavy atom. The second-order valence-corrected chi connectivity index (χ2v) is 4.38. The Balaban J connectivity index is 2.87. The first-order valence-corrected chi connectivity index (χ1v) is 6.15. The maximum Gasteiger partial charge on any atom is 0.305 e. The van der Waals surface area contributed by atoms with Crippen LogP contribution in [0.3, 0.4) is 0 Å². The lowest BCUT2D eigenvalue weighted by molar-refractivity contribution is -0.137. The highest BCUT2D eigenvalue weighted by Crippen LogP contribution is 2.19. The van der Waals surface area contributed by atoms with Crippen molar-refractivity contribution < 1.29 is 19.4 Å². The summed E-state index contributed by atoms with van der Waals surface area (Å²) in [5, 5.41) is 11.5. The predicted octanol–water partition coefficient (Wildman–Crippen LogP) is 1.99. The average molecular weight is 265 g/mol. The molecule has 0 spiro atoms. The van der Waals surface area contributed by atoms with Crippen LogP contribution in [0.25, 0.3) is 0 Å². The van der Waals surface area contributed by atoms with Gasteiger partial charge in [-0.05, 0) is 25.5 Å². The third-order valence-electron chi connectivity index (χ3n) is 2.85. The van der Waals surface area contributed by atoms with E-state index in [1.807, 2.05) is 19.9 Å². The summed E-state index contributed by atoms with van der Waals surface area (Å²) < 4.78 is 5.14. The lowest BCUT2D eigenvalue weighted by Gasteiger charge is -2.16. The highest BCUT2D eigenvalue weighted by molar-refractivity contribution is 5.97. The molecule has 1 unspecified atom stereocenters. The second-order valence-electron chi connectivity index (χ2n) is 4.38. The van der Waals surface area contributed by atoms with Crippen molar-refractivity contribution in [2.24, 2.45) is 0 Å². The van der Waals surface area contributed by atoms with Crippen molar-refractivity contribution in [2.75, 3.05) is 7.11 Å². The van der Waals surface area contributed by atoms with E-state index in [-0.39, 0.29) is 18.4 Å². The zero-order chi connectivity index (χ0) is 14.4. The summed E-state index contributed by atoms with van der Waals surface area (Å²) in [6.45, 7) is 3.71. The second kappa shape index (κ2) is 6.78. The molecule has 1 atom stereocenters. The van der Waals surface area contributed by atoms with Gasteiger partial charge >= 0.3 is 5.97 Å². The van der Waals surface area contributed by atoms with Gasteiger partial charge in [-0.15, -0.1) is 0 Å². The fourth-order valence-corrected chi connectivity index (χ4v) is 1.77. The zero-order valence-corrected chi connectivity index (χ0v) is 11.4. The Bertz CT molecular complexity index is 471. The Morgan fingerprint density at radius 2 is 2.11 bits per heavy atom. The molecule has 0 fully saturated rings. The van der Waals surface area contributed by atoms with Crippen molar-refractivity contribution in [3.05, 3.63) is 29.3 Å². The molecule has 0 bridgehead atoms. The summed E-state index contributed by atoms with van der Waals surface area (Å²) in [7, 11) is 1.50. The van der Waals surface area contributed by atoms with Crippen LogP contribution in [0.4, 0.5) is 0 Å². The first kappa shape index (κ1) is 15.0. The minimum Gasteiger partial charge on any atom is -0.496 e. The molecule has 0 saturated carbocycles. The van der Waals surface area contributed by atoms with Crippen LogP contribution in [-0.4, -0.2) is 30.1 Å². The molecule has 1 aromatic carbocycles. The van der Waals surface area contributed by atoms with E-state index in [0.717, 1.165) is 5.56 Å². The Hall–Kier alpha value is -2.04. The number of carboxylic acids is 1. The molecule has 0 aliphatic rings. The Morgan fingerprint density at radius 1 is 1.42 bits per heavy atom. The third kappa shape index (κ3) is 4.28. The van der Waals surface area contributed by atoms with E-state index in [2.05, 4.69) is 5.32 Å². The van der Waals surface area contributed by atoms with Gasteiger partial charge in [-0.2, -0.15) is 0 Å². The van der Waals surface area contributed by atoms with Gasteiger partial charge in [0.05, 0.1) is 19.1 Å². The highest BCUT2D eigenvalue weighted by Gasteiger charge is 2.18. The molecule has 0 aliphatic heterocycles. The minimum atomic E-state index is -0.927. The predicted molar refractivity (Wildman–Crippen MR) is 71.5 cm³/mol. The number of carbonyl (C=O) groups is 2. The molecule has 1 rings (SSSR count). The van der Waals surface area contributed by atoms with E-state index in [0.29, 0.717) is 17.7 Å². The van der Waals surface area contributed by atoms with Gasteiger partial charge in [0.25, 0.3) is 5.91 Å². The molecule has 1 aromatic rings. The van der Waals surface area contributed by atoms with E-state index in [1.54, 1.807) is 12.1 Å². The number of amides is 1. The fourth-order valence-electron chi connectivity index (χ4n) is 1.77. The van der Waals surface area contributed by atoms with Gasteiger partial charge in [-0.3, -0.25) is 9.59 Å². The molecule has 19 heavy (non-hydrogen) atoms. The molecule has 0 heterocycles. The summed E-state index contributed by atoms with van der Waals surface area (Å²) in [6.07, 6.45) is 0.475. The van der Waals surface area contributed by atoms with Gasteiger partial charge in [0.1, 0.15) is 5.75 Å². The monoisotopic (exact) mass is 265 g/mol. The number of nitrogens with one attached hydrogen (secondary N) is 1. The number of hydrogen-bond donors (Lipinski definition) is 2. The van der Waals surface area contributed by atoms with Gasteiger partial charge in [-0.25, -0.2) is 0 Å². The van der Waals surface area contributed by atoms with Crippen LogP contribution < -0.4 is 10.1 Å². The first-order valence-electron chi connectivity index (χ1n) is 6.15. The largest absolute Gasteiger partial charge is 0.496 e. The summed E-state index contributed by atoms with van der Waals surface area (Å²) in [4.78, 5) is 22.8. The molecule has 104 valence electrons. The maximum atomic E-state index is 12.1. The SMILES string of the molecule is CCC(CC(=O)O)NC(=O)c1cc(C)ccc1OC. The van der Waals surface area contributed by atoms with Gasteiger partial charge in [0.2, 0.25) is 0 Å². The van der Waals surface area contributed by atoms with Crippen LogP contribution in [0.1, 0.15) is 35.7 Å². The average Bonchev–Trinajstić information content (AvgIpc) is 2.37. The van der Waals surface area contributed by atoms with Crippen LogP contribution in [0, 0.1) is 6.92 Å². The number of aryl methyl sites for hydroxylation is 1. The van der Waals surface area contributed by atoms with Crippen molar-refractivity contribution in [2.45, 2.75) is 32.7 Å². The van der Waals surface area contributed by atoms with E-state index in [4.69, 9.17) is 9.84 Å². The quantitative estimate of drug-likeness (QED) is 0.824. The third-order valence-corrected chi connectivity index (χ3v) is 2.85. The minimum absolute atomic E-state index is 0.0869. The summed E-state index contributed by atoms with van der Waals surface area (Å²) in [6, 6.07) is 4.92. The molecule has 0 aromatic heterocycles. The van der Waals surface area contributed by atoms with E-state index in [1.165, 1.54) is 7.11 Å². The topological polar surface area (TPSA) is 75.6 Å². The van der Waals surface area contributed by atoms with Crippen LogP contribution >= 0.6 is 0 Å². The van der Waals surface area contributed by atoms with Crippen LogP contribution in [0.5, 0.6) is 5.75 Å². The van der Waals surface area contributed by atoms with Crippen molar-refractivity contribution in [3.8, 4) is 5.75 Å². The highest BCUT2D eigenvalue weighted by atomic mass is 16.5. The van der Waals surface area contributed by atoms with Crippen molar-refractivity contribution in [1.29, 1.82) is 0 Å². The molecular weight excluding hydrogens is 246 g/mol. The molecule has 0 saturated heterocycles. The van der Waals surface area contributed by atoms with E-state index >= 15 is 0 Å². The standard InChI is InChI=1S/C14H19NO4/c1-4-10(8-13(16)17)15-14(18)11-7-9(2)5-6-12(11)19-3/h5-7,10H,4,8H2,1-3H3,(H,15,18)(H,16,17). The Labute approximate surface area is 112 Å². The van der Waals surface area contributed by atoms with Crippen LogP contribution in [0.15, 0.2) is 18.2 Å². The van der Waals surface area contributed by atoms with Gasteiger partial charge < -0.3 is 15.2 Å². The normalized spacial score (nSPS) is 11.7. The summed E-state index contributed by atoms with van der Waals surface area (Å²) in [5.41, 5.74) is 1.36. The zero-order valence-electron chi connectivity index (χ0n) is 11.4. The van der Waals surface area contributed by atoms with E-state index < -0.39 is 5.97 Å². The fraction of sp³-hybridized carbons (Fsp3) is 0.429. The smallest absolute Gasteiger partial charge is 0.305 e. The Kier molecular flexibility index (Phi) is 5.36. The molecule has 1 amide bonds. The molecule has 2 N–H and O–H groups in total. The van der Waals surface area contributed by atoms with Gasteiger partial charge in [0.15, 0.2) is 0 Å². The lowest BCUT2D eigenvalue weighted by Crippen LogP contribution is -2.36. The van der Waals surface area contributed by atoms with E-state index in [9.17, 15) is 9.59 Å². The van der Waals surface area contributed by atoms with Crippen molar-refractivity contribution >= 4 is 11.9 Å². The first-order chi connectivity index (χ1) is 8.97. The summed E-state index contributed by atoms with van der Waals surface area (Å²) in [5.74, 6) is -0.759. The molecule has 0 aliphatic carbocycles. The number of carbonyl (C=O) groups excluding carboxylic acids is 1. The van der Waals surface area contributed by atoms with Crippen molar-refractivity contribution in [3.63, 3.8) is 0 Å². The number of rotatable bonds is 6. The van der Waals surface area contributed by atoms with Crippen LogP contribution in [0.2, 0.25) is 0 Å². The summed E-state index contributed by atoms with van der Waals surface area (Å²) >= 11 is 0. The number of carboxylic acid groups (broad SMARTS) is 1. The molecule has 5 nitrogen and oxygen atoms in total. The lowest BCUT2D eigenvalue weighted by atomic mass is 10.1. The van der Waals surface area contributed by atoms with Crippen molar-refractivity contribution in [1.82, 2.24) is 5.32 Å². The van der Waals surface area contributed by atoms with Gasteiger partial charge in [-0.1, -0.05) is 18.6 Å². The molecular formula is C14H19NO4. The number of hydrogen-bond acceptors (Lipinski definition) is 3. The molecule has 5 heteroatoms. The number of benzene rings is 1.